The van der Waals surface area contributed by atoms with Crippen molar-refractivity contribution in [2.75, 3.05) is 5.88 Å². The molecule has 1 rings (SSSR count). The van der Waals surface area contributed by atoms with E-state index in [1.807, 2.05) is 0 Å². The van der Waals surface area contributed by atoms with Gasteiger partial charge in [0.1, 0.15) is 6.29 Å². The lowest BCUT2D eigenvalue weighted by Crippen LogP contribution is -2.00. The summed E-state index contributed by atoms with van der Waals surface area (Å²) in [5.41, 5.74) is 0.973. The summed E-state index contributed by atoms with van der Waals surface area (Å²) in [4.78, 5) is 21.4. The number of hydrogen-bond acceptors (Lipinski definition) is 2. The summed E-state index contributed by atoms with van der Waals surface area (Å²) in [6.07, 6.45) is 0.699. The number of rotatable bonds is 3. The van der Waals surface area contributed by atoms with E-state index >= 15 is 0 Å². The van der Waals surface area contributed by atoms with Crippen molar-refractivity contribution in [3.05, 3.63) is 35.4 Å². The Balaban J connectivity index is 3.01. The van der Waals surface area contributed by atoms with E-state index in [0.29, 0.717) is 17.4 Å². The molecule has 0 radical (unpaired) electrons. The van der Waals surface area contributed by atoms with Crippen LogP contribution in [-0.2, 0) is 0 Å². The summed E-state index contributed by atoms with van der Waals surface area (Å²) in [7, 11) is 0. The molecule has 0 saturated carbocycles. The van der Waals surface area contributed by atoms with Gasteiger partial charge in [-0.15, -0.1) is 11.6 Å². The Kier molecular flexibility index (Phi) is 3.00. The van der Waals surface area contributed by atoms with Gasteiger partial charge in [0, 0.05) is 11.1 Å². The zero-order valence-electron chi connectivity index (χ0n) is 6.29. The van der Waals surface area contributed by atoms with Crippen molar-refractivity contribution in [2.24, 2.45) is 0 Å². The highest BCUT2D eigenvalue weighted by molar-refractivity contribution is 6.30. The fourth-order valence-electron chi connectivity index (χ4n) is 0.863. The van der Waals surface area contributed by atoms with E-state index in [1.54, 1.807) is 18.2 Å². The van der Waals surface area contributed by atoms with Gasteiger partial charge in [0.15, 0.2) is 5.78 Å². The molecule has 3 heteroatoms. The Morgan fingerprint density at radius 3 is 2.83 bits per heavy atom. The smallest absolute Gasteiger partial charge is 0.177 e. The second kappa shape index (κ2) is 4.02. The van der Waals surface area contributed by atoms with E-state index in [1.165, 1.54) is 6.07 Å². The molecule has 1 aromatic carbocycles. The Hall–Kier alpha value is -1.15. The summed E-state index contributed by atoms with van der Waals surface area (Å²) in [5.74, 6) is -0.220. The van der Waals surface area contributed by atoms with Gasteiger partial charge in [-0.25, -0.2) is 0 Å². The second-order valence-electron chi connectivity index (χ2n) is 2.30. The van der Waals surface area contributed by atoms with Crippen LogP contribution in [0.2, 0.25) is 0 Å². The summed E-state index contributed by atoms with van der Waals surface area (Å²) >= 11 is 5.34. The second-order valence-corrected chi connectivity index (χ2v) is 2.57. The number of halogens is 1. The topological polar surface area (TPSA) is 34.1 Å². The van der Waals surface area contributed by atoms with Crippen molar-refractivity contribution in [2.45, 2.75) is 0 Å². The SMILES string of the molecule is O=Cc1cccc(C(=O)CCl)c1. The average molecular weight is 183 g/mol. The van der Waals surface area contributed by atoms with Crippen molar-refractivity contribution in [1.29, 1.82) is 0 Å². The molecule has 0 aliphatic rings. The van der Waals surface area contributed by atoms with Gasteiger partial charge in [-0.1, -0.05) is 18.2 Å². The fourth-order valence-corrected chi connectivity index (χ4v) is 1.02. The number of carbonyl (C=O) groups is 2. The molecule has 2 nitrogen and oxygen atoms in total. The van der Waals surface area contributed by atoms with Gasteiger partial charge >= 0.3 is 0 Å². The normalized spacial score (nSPS) is 9.42. The third-order valence-electron chi connectivity index (χ3n) is 1.47. The van der Waals surface area contributed by atoms with E-state index in [4.69, 9.17) is 11.6 Å². The molecule has 0 saturated heterocycles. The molecule has 0 aromatic heterocycles. The lowest BCUT2D eigenvalue weighted by atomic mass is 10.1. The summed E-state index contributed by atoms with van der Waals surface area (Å²) < 4.78 is 0. The van der Waals surface area contributed by atoms with Crippen LogP contribution in [0.4, 0.5) is 0 Å². The molecule has 0 atom stereocenters. The van der Waals surface area contributed by atoms with Gasteiger partial charge in [0.05, 0.1) is 5.88 Å². The van der Waals surface area contributed by atoms with Gasteiger partial charge in [0.2, 0.25) is 0 Å². The van der Waals surface area contributed by atoms with Crippen LogP contribution in [0.5, 0.6) is 0 Å². The van der Waals surface area contributed by atoms with Gasteiger partial charge in [-0.05, 0) is 6.07 Å². The maximum Gasteiger partial charge on any atom is 0.177 e. The first-order valence-electron chi connectivity index (χ1n) is 3.42. The average Bonchev–Trinajstić information content (AvgIpc) is 2.17. The molecular formula is C9H7ClO2. The molecule has 1 aromatic rings. The van der Waals surface area contributed by atoms with E-state index in [0.717, 1.165) is 0 Å². The van der Waals surface area contributed by atoms with Crippen molar-refractivity contribution < 1.29 is 9.59 Å². The first-order valence-corrected chi connectivity index (χ1v) is 3.96. The van der Waals surface area contributed by atoms with E-state index in [9.17, 15) is 9.59 Å². The monoisotopic (exact) mass is 182 g/mol. The van der Waals surface area contributed by atoms with Crippen LogP contribution >= 0.6 is 11.6 Å². The third kappa shape index (κ3) is 1.92. The van der Waals surface area contributed by atoms with Crippen LogP contribution in [0.25, 0.3) is 0 Å². The fraction of sp³-hybridized carbons (Fsp3) is 0.111. The van der Waals surface area contributed by atoms with E-state index < -0.39 is 0 Å². The molecule has 0 heterocycles. The largest absolute Gasteiger partial charge is 0.298 e. The number of benzene rings is 1. The van der Waals surface area contributed by atoms with Crippen LogP contribution in [-0.4, -0.2) is 17.9 Å². The van der Waals surface area contributed by atoms with Crippen molar-refractivity contribution in [3.8, 4) is 0 Å². The number of Topliss-reactive ketones (excluding diaryl/α,β-unsaturated/α-hetero) is 1. The van der Waals surface area contributed by atoms with E-state index in [2.05, 4.69) is 0 Å². The highest BCUT2D eigenvalue weighted by atomic mass is 35.5. The molecule has 0 aliphatic carbocycles. The maximum atomic E-state index is 11.0. The van der Waals surface area contributed by atoms with Crippen molar-refractivity contribution in [3.63, 3.8) is 0 Å². The predicted octanol–water partition coefficient (Wildman–Crippen LogP) is 1.92. The molecule has 12 heavy (non-hydrogen) atoms. The quantitative estimate of drug-likeness (QED) is 0.407. The van der Waals surface area contributed by atoms with Crippen LogP contribution in [0.1, 0.15) is 20.7 Å². The van der Waals surface area contributed by atoms with Gasteiger partial charge < -0.3 is 0 Å². The minimum absolute atomic E-state index is 0.0533. The molecule has 0 bridgehead atoms. The number of alkyl halides is 1. The number of carbonyl (C=O) groups excluding carboxylic acids is 2. The highest BCUT2D eigenvalue weighted by Crippen LogP contribution is 2.04. The van der Waals surface area contributed by atoms with Gasteiger partial charge in [-0.2, -0.15) is 0 Å². The van der Waals surface area contributed by atoms with Gasteiger partial charge in [-0.3, -0.25) is 9.59 Å². The molecule has 0 N–H and O–H groups in total. The summed E-state index contributed by atoms with van der Waals surface area (Å²) in [6, 6.07) is 6.46. The minimum atomic E-state index is -0.166. The Morgan fingerprint density at radius 2 is 2.25 bits per heavy atom. The number of ketones is 1. The lowest BCUT2D eigenvalue weighted by Gasteiger charge is -1.96. The number of hydrogen-bond donors (Lipinski definition) is 0. The third-order valence-corrected chi connectivity index (χ3v) is 1.71. The standard InChI is InChI=1S/C9H7ClO2/c10-5-9(12)8-3-1-2-7(4-8)6-11/h1-4,6H,5H2. The predicted molar refractivity (Wildman–Crippen MR) is 46.9 cm³/mol. The number of aldehydes is 1. The first kappa shape index (κ1) is 8.94. The molecule has 0 amide bonds. The zero-order valence-corrected chi connectivity index (χ0v) is 7.04. The molecule has 0 spiro atoms. The minimum Gasteiger partial charge on any atom is -0.298 e. The lowest BCUT2D eigenvalue weighted by molar-refractivity contribution is 0.102. The molecule has 0 aliphatic heterocycles. The molecule has 62 valence electrons. The molecule has 0 unspecified atom stereocenters. The summed E-state index contributed by atoms with van der Waals surface area (Å²) in [6.45, 7) is 0. The van der Waals surface area contributed by atoms with Gasteiger partial charge in [0.25, 0.3) is 0 Å². The Labute approximate surface area is 75.2 Å². The van der Waals surface area contributed by atoms with Crippen LogP contribution in [0, 0.1) is 0 Å². The van der Waals surface area contributed by atoms with Crippen molar-refractivity contribution in [1.82, 2.24) is 0 Å². The van der Waals surface area contributed by atoms with Crippen LogP contribution in [0.15, 0.2) is 24.3 Å². The van der Waals surface area contributed by atoms with E-state index in [-0.39, 0.29) is 11.7 Å². The maximum absolute atomic E-state index is 11.0. The highest BCUT2D eigenvalue weighted by Gasteiger charge is 2.03. The van der Waals surface area contributed by atoms with Crippen LogP contribution in [0.3, 0.4) is 0 Å². The zero-order chi connectivity index (χ0) is 8.97. The molecule has 0 fully saturated rings. The molecular weight excluding hydrogens is 176 g/mol. The van der Waals surface area contributed by atoms with Crippen molar-refractivity contribution >= 4 is 23.7 Å². The van der Waals surface area contributed by atoms with Crippen LogP contribution < -0.4 is 0 Å². The first-order chi connectivity index (χ1) is 5.77. The Bertz CT molecular complexity index is 307. The Morgan fingerprint density at radius 1 is 1.50 bits per heavy atom. The summed E-state index contributed by atoms with van der Waals surface area (Å²) in [5, 5.41) is 0.